The molecule has 3 amide bonds. The quantitative estimate of drug-likeness (QED) is 0.472. The van der Waals surface area contributed by atoms with Crippen molar-refractivity contribution in [3.8, 4) is 0 Å². The van der Waals surface area contributed by atoms with E-state index in [0.29, 0.717) is 12.2 Å². The van der Waals surface area contributed by atoms with Crippen LogP contribution in [0, 0.1) is 19.8 Å². The Morgan fingerprint density at radius 1 is 1.08 bits per heavy atom. The molecule has 1 saturated carbocycles. The van der Waals surface area contributed by atoms with Crippen LogP contribution in [0.5, 0.6) is 0 Å². The van der Waals surface area contributed by atoms with Crippen molar-refractivity contribution in [1.29, 1.82) is 0 Å². The molecule has 4 atom stereocenters. The van der Waals surface area contributed by atoms with E-state index in [1.54, 1.807) is 37.4 Å². The SMILES string of the molecule is CSCCC(NC(=O)OC(C)(C)C)C(=O)N(C(C(=O)NC(C)(C)C)c1cc(C)cc(C)c1)C1CC1C. The van der Waals surface area contributed by atoms with Crippen LogP contribution in [0.25, 0.3) is 0 Å². The number of hydrogen-bond donors (Lipinski definition) is 2. The lowest BCUT2D eigenvalue weighted by atomic mass is 9.97. The van der Waals surface area contributed by atoms with Crippen molar-refractivity contribution in [1.82, 2.24) is 15.5 Å². The number of aryl methyl sites for hydroxylation is 2. The highest BCUT2D eigenvalue weighted by molar-refractivity contribution is 7.98. The molecule has 1 aromatic rings. The number of thioether (sulfide) groups is 1. The molecule has 1 aliphatic rings. The molecule has 1 fully saturated rings. The smallest absolute Gasteiger partial charge is 0.408 e. The van der Waals surface area contributed by atoms with Gasteiger partial charge in [-0.2, -0.15) is 11.8 Å². The summed E-state index contributed by atoms with van der Waals surface area (Å²) in [6, 6.07) is 4.33. The van der Waals surface area contributed by atoms with Gasteiger partial charge in [0, 0.05) is 11.6 Å². The van der Waals surface area contributed by atoms with Crippen molar-refractivity contribution in [2.45, 2.75) is 104 Å². The molecule has 0 saturated heterocycles. The van der Waals surface area contributed by atoms with Crippen molar-refractivity contribution in [3.05, 3.63) is 34.9 Å². The van der Waals surface area contributed by atoms with E-state index in [9.17, 15) is 14.4 Å². The highest BCUT2D eigenvalue weighted by atomic mass is 32.2. The van der Waals surface area contributed by atoms with Gasteiger partial charge < -0.3 is 20.3 Å². The average molecular weight is 520 g/mol. The van der Waals surface area contributed by atoms with E-state index in [4.69, 9.17) is 4.74 Å². The highest BCUT2D eigenvalue weighted by Crippen LogP contribution is 2.41. The lowest BCUT2D eigenvalue weighted by Gasteiger charge is -2.36. The maximum atomic E-state index is 14.2. The number of carbonyl (C=O) groups excluding carboxylic acids is 3. The second-order valence-corrected chi connectivity index (χ2v) is 13.1. The number of amides is 3. The summed E-state index contributed by atoms with van der Waals surface area (Å²) in [6.07, 6.45) is 2.59. The molecule has 0 spiro atoms. The molecular formula is C28H45N3O4S. The van der Waals surface area contributed by atoms with Crippen molar-refractivity contribution in [2.75, 3.05) is 12.0 Å². The first-order valence-corrected chi connectivity index (χ1v) is 14.1. The van der Waals surface area contributed by atoms with Gasteiger partial charge in [-0.15, -0.1) is 0 Å². The molecule has 0 bridgehead atoms. The van der Waals surface area contributed by atoms with Gasteiger partial charge in [-0.25, -0.2) is 4.79 Å². The van der Waals surface area contributed by atoms with Gasteiger partial charge in [0.25, 0.3) is 0 Å². The molecule has 36 heavy (non-hydrogen) atoms. The van der Waals surface area contributed by atoms with E-state index in [2.05, 4.69) is 23.6 Å². The van der Waals surface area contributed by atoms with E-state index in [0.717, 1.165) is 23.1 Å². The zero-order valence-corrected chi connectivity index (χ0v) is 24.5. The first kappa shape index (κ1) is 30.0. The fraction of sp³-hybridized carbons (Fsp3) is 0.679. The van der Waals surface area contributed by atoms with E-state index >= 15 is 0 Å². The van der Waals surface area contributed by atoms with Gasteiger partial charge in [0.05, 0.1) is 0 Å². The number of rotatable bonds is 9. The molecule has 2 rings (SSSR count). The molecule has 0 heterocycles. The predicted octanol–water partition coefficient (Wildman–Crippen LogP) is 5.14. The van der Waals surface area contributed by atoms with Crippen LogP contribution in [-0.2, 0) is 14.3 Å². The van der Waals surface area contributed by atoms with Crippen LogP contribution in [0.3, 0.4) is 0 Å². The number of nitrogens with zero attached hydrogens (tertiary/aromatic N) is 1. The Labute approximate surface area is 221 Å². The van der Waals surface area contributed by atoms with Crippen LogP contribution in [-0.4, -0.2) is 58.0 Å². The van der Waals surface area contributed by atoms with E-state index in [-0.39, 0.29) is 23.8 Å². The van der Waals surface area contributed by atoms with Gasteiger partial charge in [0.2, 0.25) is 11.8 Å². The summed E-state index contributed by atoms with van der Waals surface area (Å²) in [7, 11) is 0. The summed E-state index contributed by atoms with van der Waals surface area (Å²) < 4.78 is 5.46. The van der Waals surface area contributed by atoms with Crippen LogP contribution < -0.4 is 10.6 Å². The standard InChI is InChI=1S/C28H45N3O4S/c1-17-13-18(2)15-20(14-17)23(24(32)30-27(4,5)6)31(22-16-19(22)3)25(33)21(11-12-36-10)29-26(34)35-28(7,8)9/h13-15,19,21-23H,11-12,16H2,1-10H3,(H,29,34)(H,30,32). The summed E-state index contributed by atoms with van der Waals surface area (Å²) in [5, 5.41) is 5.90. The number of ether oxygens (including phenoxy) is 1. The van der Waals surface area contributed by atoms with E-state index in [1.165, 1.54) is 0 Å². The zero-order valence-electron chi connectivity index (χ0n) is 23.7. The molecule has 7 nitrogen and oxygen atoms in total. The van der Waals surface area contributed by atoms with Crippen LogP contribution in [0.4, 0.5) is 4.79 Å². The lowest BCUT2D eigenvalue weighted by molar-refractivity contribution is -0.144. The number of benzene rings is 1. The largest absolute Gasteiger partial charge is 0.444 e. The minimum absolute atomic E-state index is 0.0775. The third-order valence-corrected chi connectivity index (χ3v) is 6.51. The molecule has 0 aliphatic heterocycles. The van der Waals surface area contributed by atoms with Gasteiger partial charge in [-0.05, 0) is 91.7 Å². The second kappa shape index (κ2) is 11.9. The second-order valence-electron chi connectivity index (χ2n) is 12.1. The van der Waals surface area contributed by atoms with Crippen molar-refractivity contribution >= 4 is 29.7 Å². The van der Waals surface area contributed by atoms with E-state index in [1.807, 2.05) is 53.0 Å². The number of alkyl carbamates (subject to hydrolysis) is 1. The van der Waals surface area contributed by atoms with Crippen LogP contribution in [0.15, 0.2) is 18.2 Å². The number of carbonyl (C=O) groups is 3. The predicted molar refractivity (Wildman–Crippen MR) is 147 cm³/mol. The van der Waals surface area contributed by atoms with Crippen molar-refractivity contribution in [2.24, 2.45) is 5.92 Å². The normalized spacial score (nSPS) is 19.2. The molecule has 4 unspecified atom stereocenters. The Hall–Kier alpha value is -2.22. The molecule has 8 heteroatoms. The fourth-order valence-electron chi connectivity index (χ4n) is 4.34. The third-order valence-electron chi connectivity index (χ3n) is 5.86. The molecule has 202 valence electrons. The van der Waals surface area contributed by atoms with Crippen LogP contribution >= 0.6 is 11.8 Å². The molecule has 1 aromatic carbocycles. The Kier molecular flexibility index (Phi) is 9.91. The minimum Gasteiger partial charge on any atom is -0.444 e. The van der Waals surface area contributed by atoms with Crippen LogP contribution in [0.2, 0.25) is 0 Å². The van der Waals surface area contributed by atoms with Gasteiger partial charge in [0.1, 0.15) is 17.7 Å². The van der Waals surface area contributed by atoms with Crippen molar-refractivity contribution in [3.63, 3.8) is 0 Å². The first-order chi connectivity index (χ1) is 16.5. The lowest BCUT2D eigenvalue weighted by Crippen LogP contribution is -2.55. The topological polar surface area (TPSA) is 87.7 Å². The van der Waals surface area contributed by atoms with Gasteiger partial charge in [0.15, 0.2) is 0 Å². The summed E-state index contributed by atoms with van der Waals surface area (Å²) in [4.78, 5) is 42.4. The highest BCUT2D eigenvalue weighted by Gasteiger charge is 2.48. The average Bonchev–Trinajstić information content (AvgIpc) is 3.40. The molecular weight excluding hydrogens is 474 g/mol. The van der Waals surface area contributed by atoms with Gasteiger partial charge in [-0.1, -0.05) is 36.2 Å². The van der Waals surface area contributed by atoms with Crippen LogP contribution in [0.1, 0.15) is 84.0 Å². The van der Waals surface area contributed by atoms with Gasteiger partial charge in [-0.3, -0.25) is 9.59 Å². The summed E-state index contributed by atoms with van der Waals surface area (Å²) in [5.41, 5.74) is 1.69. The Morgan fingerprint density at radius 2 is 1.64 bits per heavy atom. The maximum absolute atomic E-state index is 14.2. The molecule has 2 N–H and O–H groups in total. The summed E-state index contributed by atoms with van der Waals surface area (Å²) >= 11 is 1.60. The maximum Gasteiger partial charge on any atom is 0.408 e. The Balaban J connectivity index is 2.54. The fourth-order valence-corrected chi connectivity index (χ4v) is 4.81. The molecule has 1 aliphatic carbocycles. The number of hydrogen-bond acceptors (Lipinski definition) is 5. The summed E-state index contributed by atoms with van der Waals surface area (Å²) in [5.74, 6) is 0.480. The minimum atomic E-state index is -0.803. The Morgan fingerprint density at radius 3 is 2.08 bits per heavy atom. The molecule has 0 aromatic heterocycles. The Bertz CT molecular complexity index is 931. The third kappa shape index (κ3) is 9.02. The monoisotopic (exact) mass is 519 g/mol. The summed E-state index contributed by atoms with van der Waals surface area (Å²) in [6.45, 7) is 17.2. The number of nitrogens with one attached hydrogen (secondary N) is 2. The molecule has 0 radical (unpaired) electrons. The first-order valence-electron chi connectivity index (χ1n) is 12.7. The van der Waals surface area contributed by atoms with Gasteiger partial charge >= 0.3 is 6.09 Å². The van der Waals surface area contributed by atoms with E-state index < -0.39 is 29.3 Å². The zero-order chi connectivity index (χ0) is 27.4. The van der Waals surface area contributed by atoms with Crippen molar-refractivity contribution < 1.29 is 19.1 Å².